The van der Waals surface area contributed by atoms with Gasteiger partial charge in [-0.25, -0.2) is 4.98 Å². The van der Waals surface area contributed by atoms with Crippen LogP contribution in [0.25, 0.3) is 5.82 Å². The first-order chi connectivity index (χ1) is 9.14. The maximum atomic E-state index is 12.8. The van der Waals surface area contributed by atoms with E-state index in [1.54, 1.807) is 0 Å². The third-order valence-electron chi connectivity index (χ3n) is 2.19. The fraction of sp³-hybridized carbons (Fsp3) is 0.182. The van der Waals surface area contributed by atoms with Crippen LogP contribution in [-0.2, 0) is 6.18 Å². The van der Waals surface area contributed by atoms with Crippen molar-refractivity contribution in [2.75, 3.05) is 0 Å². The SMILES string of the molecule is [2H]c1c(C)c(Cl)c([2H])n1-c1cc(C(F)(F)F)c(Br)cn1. The summed E-state index contributed by atoms with van der Waals surface area (Å²) in [5.74, 6) is -0.175. The summed E-state index contributed by atoms with van der Waals surface area (Å²) in [7, 11) is 0. The lowest BCUT2D eigenvalue weighted by Gasteiger charge is -2.10. The molecule has 0 aliphatic rings. The van der Waals surface area contributed by atoms with Gasteiger partial charge in [-0.2, -0.15) is 13.2 Å². The van der Waals surface area contributed by atoms with Crippen LogP contribution in [0.2, 0.25) is 5.02 Å². The molecule has 0 aromatic carbocycles. The van der Waals surface area contributed by atoms with Gasteiger partial charge in [0.15, 0.2) is 0 Å². The second-order valence-corrected chi connectivity index (χ2v) is 4.75. The zero-order valence-electron chi connectivity index (χ0n) is 10.9. The van der Waals surface area contributed by atoms with E-state index in [1.807, 2.05) is 0 Å². The van der Waals surface area contributed by atoms with Crippen molar-refractivity contribution in [3.8, 4) is 5.82 Å². The average molecular weight is 342 g/mol. The number of nitrogens with zero attached hydrogens (tertiary/aromatic N) is 2. The van der Waals surface area contributed by atoms with Crippen LogP contribution in [0.3, 0.4) is 0 Å². The summed E-state index contributed by atoms with van der Waals surface area (Å²) in [4.78, 5) is 3.82. The largest absolute Gasteiger partial charge is 0.417 e. The van der Waals surface area contributed by atoms with Crippen LogP contribution in [0.4, 0.5) is 13.2 Å². The van der Waals surface area contributed by atoms with Crippen molar-refractivity contribution in [3.63, 3.8) is 0 Å². The number of alkyl halides is 3. The molecule has 2 heterocycles. The Morgan fingerprint density at radius 1 is 1.44 bits per heavy atom. The van der Waals surface area contributed by atoms with E-state index in [2.05, 4.69) is 20.9 Å². The van der Waals surface area contributed by atoms with Gasteiger partial charge in [-0.3, -0.25) is 0 Å². The van der Waals surface area contributed by atoms with Gasteiger partial charge in [0.1, 0.15) is 5.82 Å². The van der Waals surface area contributed by atoms with E-state index in [1.165, 1.54) is 6.92 Å². The smallest absolute Gasteiger partial charge is 0.307 e. The van der Waals surface area contributed by atoms with Crippen molar-refractivity contribution >= 4 is 27.5 Å². The highest BCUT2D eigenvalue weighted by Crippen LogP contribution is 2.35. The zero-order valence-corrected chi connectivity index (χ0v) is 11.3. The third kappa shape index (κ3) is 2.54. The molecule has 0 aliphatic heterocycles. The monoisotopic (exact) mass is 340 g/mol. The van der Waals surface area contributed by atoms with E-state index < -0.39 is 11.7 Å². The fourth-order valence-corrected chi connectivity index (χ4v) is 1.88. The molecule has 2 aromatic heterocycles. The van der Waals surface area contributed by atoms with E-state index in [0.29, 0.717) is 5.56 Å². The fourth-order valence-electron chi connectivity index (χ4n) is 1.31. The minimum atomic E-state index is -4.56. The van der Waals surface area contributed by atoms with Crippen molar-refractivity contribution in [2.45, 2.75) is 13.1 Å². The zero-order chi connectivity index (χ0) is 15.2. The van der Waals surface area contributed by atoms with Gasteiger partial charge >= 0.3 is 6.18 Å². The van der Waals surface area contributed by atoms with Crippen LogP contribution in [0.5, 0.6) is 0 Å². The molecule has 0 saturated heterocycles. The van der Waals surface area contributed by atoms with Crippen LogP contribution in [0.1, 0.15) is 13.9 Å². The van der Waals surface area contributed by atoms with Gasteiger partial charge in [0, 0.05) is 23.0 Å². The molecular formula is C11H7BrClF3N2. The molecule has 0 unspecified atom stereocenters. The van der Waals surface area contributed by atoms with Crippen molar-refractivity contribution in [1.29, 1.82) is 0 Å². The van der Waals surface area contributed by atoms with E-state index in [9.17, 15) is 13.2 Å². The van der Waals surface area contributed by atoms with Gasteiger partial charge in [-0.1, -0.05) is 11.6 Å². The molecule has 0 bridgehead atoms. The molecule has 7 heteroatoms. The lowest BCUT2D eigenvalue weighted by molar-refractivity contribution is -0.138. The summed E-state index contributed by atoms with van der Waals surface area (Å²) in [6.07, 6.45) is -4.01. The first-order valence-corrected chi connectivity index (χ1v) is 5.88. The highest BCUT2D eigenvalue weighted by molar-refractivity contribution is 9.10. The normalized spacial score (nSPS) is 13.4. The molecule has 96 valence electrons. The summed E-state index contributed by atoms with van der Waals surface area (Å²) in [6.45, 7) is 1.52. The van der Waals surface area contributed by atoms with Crippen molar-refractivity contribution in [1.82, 2.24) is 9.55 Å². The molecular weight excluding hydrogens is 332 g/mol. The molecule has 0 aliphatic carbocycles. The van der Waals surface area contributed by atoms with Gasteiger partial charge in [0.2, 0.25) is 0 Å². The van der Waals surface area contributed by atoms with Gasteiger partial charge < -0.3 is 4.57 Å². The number of pyridine rings is 1. The summed E-state index contributed by atoms with van der Waals surface area (Å²) in [5, 5.41) is 0.0216. The lowest BCUT2D eigenvalue weighted by atomic mass is 10.2. The Kier molecular flexibility index (Phi) is 2.77. The van der Waals surface area contributed by atoms with E-state index in [-0.39, 0.29) is 27.7 Å². The Balaban J connectivity index is 2.70. The highest BCUT2D eigenvalue weighted by atomic mass is 79.9. The minimum Gasteiger partial charge on any atom is -0.307 e. The maximum Gasteiger partial charge on any atom is 0.417 e. The Morgan fingerprint density at radius 2 is 2.11 bits per heavy atom. The Bertz CT molecular complexity index is 660. The second kappa shape index (κ2) is 4.59. The summed E-state index contributed by atoms with van der Waals surface area (Å²) < 4.78 is 54.8. The van der Waals surface area contributed by atoms with E-state index in [4.69, 9.17) is 14.3 Å². The van der Waals surface area contributed by atoms with Crippen LogP contribution in [-0.4, -0.2) is 9.55 Å². The molecule has 0 amide bonds. The van der Waals surface area contributed by atoms with Crippen molar-refractivity contribution in [3.05, 3.63) is 45.2 Å². The van der Waals surface area contributed by atoms with Crippen molar-refractivity contribution in [2.24, 2.45) is 0 Å². The van der Waals surface area contributed by atoms with Gasteiger partial charge in [-0.05, 0) is 34.5 Å². The quantitative estimate of drug-likeness (QED) is 0.740. The van der Waals surface area contributed by atoms with Crippen molar-refractivity contribution < 1.29 is 15.9 Å². The summed E-state index contributed by atoms with van der Waals surface area (Å²) in [5.41, 5.74) is -0.612. The number of hydrogen-bond donors (Lipinski definition) is 0. The van der Waals surface area contributed by atoms with Crippen LogP contribution in [0, 0.1) is 6.92 Å². The molecule has 0 fully saturated rings. The second-order valence-electron chi connectivity index (χ2n) is 3.52. The number of halogens is 5. The summed E-state index contributed by atoms with van der Waals surface area (Å²) >= 11 is 8.61. The molecule has 2 nitrogen and oxygen atoms in total. The first-order valence-electron chi connectivity index (χ1n) is 5.71. The predicted molar refractivity (Wildman–Crippen MR) is 66.0 cm³/mol. The Labute approximate surface area is 117 Å². The molecule has 0 N–H and O–H groups in total. The van der Waals surface area contributed by atoms with Gasteiger partial charge in [0.25, 0.3) is 0 Å². The van der Waals surface area contributed by atoms with E-state index in [0.717, 1.165) is 16.8 Å². The minimum absolute atomic E-state index is 0.0216. The van der Waals surface area contributed by atoms with E-state index >= 15 is 0 Å². The molecule has 2 rings (SSSR count). The van der Waals surface area contributed by atoms with Gasteiger partial charge in [0.05, 0.1) is 13.3 Å². The number of aromatic nitrogens is 2. The maximum absolute atomic E-state index is 12.8. The topological polar surface area (TPSA) is 17.8 Å². The lowest BCUT2D eigenvalue weighted by Crippen LogP contribution is -2.08. The Morgan fingerprint density at radius 3 is 2.61 bits per heavy atom. The highest BCUT2D eigenvalue weighted by Gasteiger charge is 2.33. The molecule has 0 spiro atoms. The number of hydrogen-bond acceptors (Lipinski definition) is 1. The molecule has 18 heavy (non-hydrogen) atoms. The van der Waals surface area contributed by atoms with Crippen LogP contribution in [0.15, 0.2) is 29.1 Å². The average Bonchev–Trinajstić information content (AvgIpc) is 2.54. The first kappa shape index (κ1) is 10.9. The third-order valence-corrected chi connectivity index (χ3v) is 3.19. The Hall–Kier alpha value is -1.01. The van der Waals surface area contributed by atoms with Crippen LogP contribution < -0.4 is 0 Å². The molecule has 0 atom stereocenters. The van der Waals surface area contributed by atoms with Gasteiger partial charge in [-0.15, -0.1) is 0 Å². The molecule has 2 aromatic rings. The number of rotatable bonds is 1. The molecule has 0 radical (unpaired) electrons. The molecule has 0 saturated carbocycles. The predicted octanol–water partition coefficient (Wildman–Crippen LogP) is 4.62. The summed E-state index contributed by atoms with van der Waals surface area (Å²) in [6, 6.07) is 0.774. The standard InChI is InChI=1S/C11H7BrClF3N2/c1-6-4-18(5-9(6)13)10-2-7(11(14,15)16)8(12)3-17-10/h2-5H,1H3/i4D,5D. The van der Waals surface area contributed by atoms with Crippen LogP contribution >= 0.6 is 27.5 Å².